The molecule has 20 atom stereocenters. The second-order valence-corrected chi connectivity index (χ2v) is 28.2. The van der Waals surface area contributed by atoms with Gasteiger partial charge in [-0.15, -0.1) is 20.3 Å². The number of benzene rings is 4. The van der Waals surface area contributed by atoms with Gasteiger partial charge in [-0.25, -0.2) is 19.2 Å². The van der Waals surface area contributed by atoms with Crippen molar-refractivity contribution in [1.82, 2.24) is 21.3 Å². The highest BCUT2D eigenvalue weighted by Crippen LogP contribution is 2.43. The fraction of sp³-hybridized carbons (Fsp3) is 0.543. The third-order valence-electron chi connectivity index (χ3n) is 17.9. The maximum absolute atomic E-state index is 13.8. The molecule has 4 aliphatic heterocycles. The van der Waals surface area contributed by atoms with E-state index < -0.39 is 198 Å². The number of carboxylic acid groups (broad SMARTS) is 3. The Balaban J connectivity index is 0.000000807. The summed E-state index contributed by atoms with van der Waals surface area (Å²) in [5, 5.41) is 105. The third-order valence-corrected chi connectivity index (χ3v) is 20.4. The number of hydrogen-bond acceptors (Lipinski definition) is 26. The van der Waals surface area contributed by atoms with Gasteiger partial charge in [-0.2, -0.15) is 0 Å². The second-order valence-electron chi connectivity index (χ2n) is 25.5. The number of amides is 4. The molecule has 1 aliphatic carbocycles. The normalized spacial score (nSPS) is 28.3. The lowest BCUT2D eigenvalue weighted by Crippen LogP contribution is -2.66. The van der Waals surface area contributed by atoms with Gasteiger partial charge in [-0.1, -0.05) is 128 Å². The smallest absolute Gasteiger partial charge is 0.407 e. The van der Waals surface area contributed by atoms with Crippen molar-refractivity contribution in [2.24, 2.45) is 17.6 Å². The number of aliphatic hydroxyl groups is 6. The predicted molar refractivity (Wildman–Crippen MR) is 369 cm³/mol. The minimum atomic E-state index is -1.90. The van der Waals surface area contributed by atoms with Gasteiger partial charge < -0.3 is 125 Å². The van der Waals surface area contributed by atoms with Crippen LogP contribution in [0.1, 0.15) is 67.7 Å². The number of carbonyl (C=O) groups excluding carboxylic acids is 5. The number of aliphatic hydroxyl groups excluding tert-OH is 6. The minimum absolute atomic E-state index is 0. The van der Waals surface area contributed by atoms with Gasteiger partial charge in [-0.05, 0) is 65.4 Å². The first-order valence-corrected chi connectivity index (χ1v) is 35.9. The van der Waals surface area contributed by atoms with Gasteiger partial charge >= 0.3 is 42.3 Å². The van der Waals surface area contributed by atoms with Gasteiger partial charge in [0.1, 0.15) is 106 Å². The average Bonchev–Trinajstić information content (AvgIpc) is 1.61. The van der Waals surface area contributed by atoms with E-state index in [9.17, 15) is 69.0 Å². The number of nitrogens with one attached hydrogen (secondary N) is 4. The summed E-state index contributed by atoms with van der Waals surface area (Å²) in [4.78, 5) is 97.0. The maximum atomic E-state index is 13.8. The van der Waals surface area contributed by atoms with Crippen molar-refractivity contribution in [3.05, 3.63) is 144 Å². The molecule has 0 unspecified atom stereocenters. The predicted octanol–water partition coefficient (Wildman–Crippen LogP) is 2.60. The molecule has 4 aromatic rings. The molecule has 33 nitrogen and oxygen atoms in total. The maximum Gasteiger partial charge on any atom is 0.407 e. The molecule has 0 bridgehead atoms. The molecule has 4 heterocycles. The quantitative estimate of drug-likeness (QED) is 0.0179. The highest BCUT2D eigenvalue weighted by Gasteiger charge is 2.61. The summed E-state index contributed by atoms with van der Waals surface area (Å²) in [5.74, 6) is -5.08. The topological polar surface area (TPSA) is 498 Å². The van der Waals surface area contributed by atoms with Crippen LogP contribution in [0.3, 0.4) is 0 Å². The van der Waals surface area contributed by atoms with Crippen LogP contribution in [0.15, 0.2) is 121 Å². The number of fused-ring (bicyclic) bond motifs is 1. The van der Waals surface area contributed by atoms with Crippen LogP contribution in [0.25, 0.3) is 0 Å². The SMILES string of the molecule is C[C@H]1C[C@@H](CC(=O)[C@@H](O)CCNC(=O)OCc2ccccc2)[C@H](O)[C@@H](O[C@@H]2O[C@H](CO)[C@@H](O[C@H]3O[C@@H](CNC(=O)OCc4ccccc4)[C@@H](O)[C@H](O)[C@H]3NC(=O)OCc3ccccc3)[C@H]2O)[C@@H]1O[C@H]1O[C@H](CN)[C@@H]2O[C@@H]2[C@H]1NC(=O)OCc1ccccc1.Cl.O=C(O)CCP(CCC(=O)O)CCC(=O)O. The summed E-state index contributed by atoms with van der Waals surface area (Å²) >= 11 is 0. The standard InChI is InChI=1S/C61H77N5O22.C9H15O6P.ClH/c1-33-24-38(25-40(69)39(68)22-23-63-58(74)78-29-34-14-6-2-7-15-34)46(70)54(50(33)86-56-45(53-52(85-53)41(26-62)82-56)66-61(77)81-32-37-20-12-5-13-21-37)88-57-49(73)51(43(28-67)84-57)87-55-44(65-60(76)80-31-36-18-10-4-11-19-36)48(72)47(71)42(83-55)27-64-59(75)79-30-35-16-8-3-9-17-35;10-7(11)1-4-16(5-2-8(12)13)6-3-9(14)15;/h2-21,33,38-39,41-57,67-68,70-73H,22-32,62H2,1H3,(H,63,74)(H,64,75)(H,65,76)(H,66,77);1-6H2,(H,10,11)(H,12,13)(H,14,15);1H/t33-,38-,39-,41+,42-,43+,44+,45+,46-,47+,48+,49+,50+,51+,52-,53+,54+,55+,56+,57-;;/m0../s1. The van der Waals surface area contributed by atoms with Crippen molar-refractivity contribution >= 4 is 68.4 Å². The Morgan fingerprint density at radius 3 is 1.42 bits per heavy atom. The second kappa shape index (κ2) is 42.5. The zero-order valence-electron chi connectivity index (χ0n) is 57.3. The Hall–Kier alpha value is -7.80. The van der Waals surface area contributed by atoms with Crippen molar-refractivity contribution in [3.8, 4) is 0 Å². The number of hydrogen-bond donors (Lipinski definition) is 14. The summed E-state index contributed by atoms with van der Waals surface area (Å²) in [6, 6.07) is 32.7. The molecule has 5 aliphatic rings. The van der Waals surface area contributed by atoms with E-state index in [1.54, 1.807) is 116 Å². The summed E-state index contributed by atoms with van der Waals surface area (Å²) in [7, 11) is -0.801. The van der Waals surface area contributed by atoms with Gasteiger partial charge in [0.15, 0.2) is 24.7 Å². The molecule has 35 heteroatoms. The molecule has 0 aromatic heterocycles. The first-order chi connectivity index (χ1) is 50.0. The Labute approximate surface area is 611 Å². The number of halogens is 1. The summed E-state index contributed by atoms with van der Waals surface area (Å²) < 4.78 is 65.6. The largest absolute Gasteiger partial charge is 0.481 e. The highest BCUT2D eigenvalue weighted by atomic mass is 35.5. The zero-order chi connectivity index (χ0) is 74.8. The van der Waals surface area contributed by atoms with Crippen LogP contribution in [-0.4, -0.2) is 249 Å². The molecular weight excluding hydrogens is 1430 g/mol. The number of Topliss-reactive ketones (excluding diaryl/α,β-unsaturated/α-hetero) is 1. The van der Waals surface area contributed by atoms with Gasteiger partial charge in [0.05, 0.1) is 18.8 Å². The molecule has 4 saturated heterocycles. The lowest BCUT2D eigenvalue weighted by molar-refractivity contribution is -0.297. The lowest BCUT2D eigenvalue weighted by atomic mass is 9.74. The number of epoxide rings is 1. The zero-order valence-corrected chi connectivity index (χ0v) is 59.0. The molecular formula is C70H93ClN5O28P. The average molecular weight is 1520 g/mol. The Morgan fingerprint density at radius 2 is 0.943 bits per heavy atom. The number of rotatable bonds is 35. The Bertz CT molecular complexity index is 3330. The number of aliphatic carboxylic acids is 3. The van der Waals surface area contributed by atoms with Gasteiger partial charge in [0, 0.05) is 45.3 Å². The first kappa shape index (κ1) is 84.5. The van der Waals surface area contributed by atoms with Crippen LogP contribution in [-0.2, 0) is 97.7 Å². The monoisotopic (exact) mass is 1520 g/mol. The van der Waals surface area contributed by atoms with E-state index in [2.05, 4.69) is 21.3 Å². The number of ether oxygens (including phenoxy) is 11. The van der Waals surface area contributed by atoms with Crippen molar-refractivity contribution in [2.75, 3.05) is 44.7 Å². The van der Waals surface area contributed by atoms with E-state index >= 15 is 0 Å². The molecule has 105 heavy (non-hydrogen) atoms. The number of ketones is 1. The summed E-state index contributed by atoms with van der Waals surface area (Å²) in [6.45, 7) is -0.0883. The minimum Gasteiger partial charge on any atom is -0.481 e. The van der Waals surface area contributed by atoms with Crippen LogP contribution in [0, 0.1) is 11.8 Å². The molecule has 15 N–H and O–H groups in total. The van der Waals surface area contributed by atoms with Gasteiger partial charge in [0.2, 0.25) is 0 Å². The summed E-state index contributed by atoms with van der Waals surface area (Å²) in [6.07, 6.45) is -25.9. The van der Waals surface area contributed by atoms with E-state index in [0.717, 1.165) is 11.1 Å². The Kier molecular flexibility index (Phi) is 34.2. The highest BCUT2D eigenvalue weighted by molar-refractivity contribution is 7.57. The molecule has 9 rings (SSSR count). The van der Waals surface area contributed by atoms with E-state index in [-0.39, 0.29) is 84.0 Å². The van der Waals surface area contributed by atoms with E-state index in [0.29, 0.717) is 29.6 Å². The number of alkyl carbamates (subject to hydrolysis) is 4. The number of carbonyl (C=O) groups is 8. The molecule has 5 fully saturated rings. The summed E-state index contributed by atoms with van der Waals surface area (Å²) in [5.41, 5.74) is 8.90. The van der Waals surface area contributed by atoms with Gasteiger partial charge in [0.25, 0.3) is 0 Å². The van der Waals surface area contributed by atoms with Crippen LogP contribution in [0.5, 0.6) is 0 Å². The van der Waals surface area contributed by atoms with E-state index in [1.165, 1.54) is 0 Å². The van der Waals surface area contributed by atoms with Crippen molar-refractivity contribution in [3.63, 3.8) is 0 Å². The van der Waals surface area contributed by atoms with Crippen molar-refractivity contribution < 1.29 is 136 Å². The molecule has 0 radical (unpaired) electrons. The fourth-order valence-electron chi connectivity index (χ4n) is 12.2. The van der Waals surface area contributed by atoms with Crippen LogP contribution >= 0.6 is 20.3 Å². The van der Waals surface area contributed by atoms with E-state index in [1.807, 2.05) is 12.1 Å². The molecule has 4 aromatic carbocycles. The number of nitrogens with two attached hydrogens (primary N) is 1. The van der Waals surface area contributed by atoms with Crippen LogP contribution < -0.4 is 27.0 Å². The van der Waals surface area contributed by atoms with Crippen molar-refractivity contribution in [2.45, 2.75) is 182 Å². The van der Waals surface area contributed by atoms with Crippen LogP contribution in [0.2, 0.25) is 0 Å². The van der Waals surface area contributed by atoms with Gasteiger partial charge in [-0.3, -0.25) is 19.2 Å². The third kappa shape index (κ3) is 26.3. The number of carboxylic acids is 3. The Morgan fingerprint density at radius 1 is 0.514 bits per heavy atom. The first-order valence-electron chi connectivity index (χ1n) is 34.0. The van der Waals surface area contributed by atoms with Crippen LogP contribution in [0.4, 0.5) is 19.2 Å². The van der Waals surface area contributed by atoms with Crippen molar-refractivity contribution in [1.29, 1.82) is 0 Å². The molecule has 1 saturated carbocycles. The van der Waals surface area contributed by atoms with E-state index in [4.69, 9.17) is 73.2 Å². The molecule has 0 spiro atoms. The molecule has 4 amide bonds. The molecule has 578 valence electrons. The lowest BCUT2D eigenvalue weighted by Gasteiger charge is -2.46. The fourth-order valence-corrected chi connectivity index (χ4v) is 14.4.